The summed E-state index contributed by atoms with van der Waals surface area (Å²) in [5.41, 5.74) is 1.00. The normalized spacial score (nSPS) is 10.4. The van der Waals surface area contributed by atoms with E-state index in [1.165, 1.54) is 18.9 Å². The average Bonchev–Trinajstić information content (AvgIpc) is 3.10. The van der Waals surface area contributed by atoms with Crippen LogP contribution in [0.4, 0.5) is 5.69 Å². The average molecular weight is 411 g/mol. The highest BCUT2D eigenvalue weighted by Crippen LogP contribution is 2.29. The van der Waals surface area contributed by atoms with Gasteiger partial charge in [0, 0.05) is 0 Å². The summed E-state index contributed by atoms with van der Waals surface area (Å²) in [5, 5.41) is 2.87. The molecule has 0 aliphatic rings. The quantitative estimate of drug-likeness (QED) is 0.523. The van der Waals surface area contributed by atoms with Gasteiger partial charge in [-0.2, -0.15) is 0 Å². The number of hydrogen-bond donors (Lipinski definition) is 1. The van der Waals surface area contributed by atoms with E-state index in [9.17, 15) is 9.59 Å². The number of aryl methyl sites for hydroxylation is 1. The Morgan fingerprint density at radius 2 is 1.79 bits per heavy atom. The summed E-state index contributed by atoms with van der Waals surface area (Å²) in [5.74, 6) is 2.49. The SMILES string of the molecule is COC(=O)c1cc(CSCC(=O)Nc2ccccc2Oc2ccccc2)oc1C. The fourth-order valence-corrected chi connectivity index (χ4v) is 3.34. The summed E-state index contributed by atoms with van der Waals surface area (Å²) in [7, 11) is 1.33. The predicted molar refractivity (Wildman–Crippen MR) is 113 cm³/mol. The highest BCUT2D eigenvalue weighted by molar-refractivity contribution is 7.99. The predicted octanol–water partition coefficient (Wildman–Crippen LogP) is 5.04. The molecule has 150 valence electrons. The third kappa shape index (κ3) is 5.65. The molecule has 1 aromatic heterocycles. The molecule has 6 nitrogen and oxygen atoms in total. The van der Waals surface area contributed by atoms with Crippen molar-refractivity contribution in [1.82, 2.24) is 0 Å². The van der Waals surface area contributed by atoms with Gasteiger partial charge in [0.25, 0.3) is 0 Å². The molecule has 29 heavy (non-hydrogen) atoms. The van der Waals surface area contributed by atoms with Gasteiger partial charge in [0.2, 0.25) is 5.91 Å². The second-order valence-corrected chi connectivity index (χ2v) is 7.11. The number of furan rings is 1. The number of carbonyl (C=O) groups is 2. The molecule has 0 aliphatic carbocycles. The van der Waals surface area contributed by atoms with Crippen molar-refractivity contribution in [3.8, 4) is 11.5 Å². The molecule has 3 rings (SSSR count). The molecule has 1 amide bonds. The Hall–Kier alpha value is -3.19. The van der Waals surface area contributed by atoms with Gasteiger partial charge in [0.1, 0.15) is 22.8 Å². The molecular weight excluding hydrogens is 390 g/mol. The molecule has 2 aromatic carbocycles. The van der Waals surface area contributed by atoms with E-state index in [0.717, 1.165) is 0 Å². The van der Waals surface area contributed by atoms with Crippen LogP contribution in [0.25, 0.3) is 0 Å². The first-order valence-electron chi connectivity index (χ1n) is 8.94. The summed E-state index contributed by atoms with van der Waals surface area (Å²) in [6.45, 7) is 1.71. The van der Waals surface area contributed by atoms with Gasteiger partial charge in [-0.05, 0) is 37.3 Å². The summed E-state index contributed by atoms with van der Waals surface area (Å²) in [6, 6.07) is 18.3. The van der Waals surface area contributed by atoms with Crippen LogP contribution in [0.15, 0.2) is 65.1 Å². The van der Waals surface area contributed by atoms with Crippen molar-refractivity contribution in [2.24, 2.45) is 0 Å². The third-order valence-corrected chi connectivity index (χ3v) is 4.94. The van der Waals surface area contributed by atoms with Gasteiger partial charge in [-0.25, -0.2) is 4.79 Å². The first-order chi connectivity index (χ1) is 14.1. The van der Waals surface area contributed by atoms with Crippen molar-refractivity contribution in [1.29, 1.82) is 0 Å². The number of anilines is 1. The zero-order valence-electron chi connectivity index (χ0n) is 16.1. The lowest BCUT2D eigenvalue weighted by Crippen LogP contribution is -2.14. The van der Waals surface area contributed by atoms with Crippen LogP contribution < -0.4 is 10.1 Å². The lowest BCUT2D eigenvalue weighted by molar-refractivity contribution is -0.113. The topological polar surface area (TPSA) is 77.8 Å². The number of methoxy groups -OCH3 is 1. The lowest BCUT2D eigenvalue weighted by Gasteiger charge is -2.12. The maximum absolute atomic E-state index is 12.3. The van der Waals surface area contributed by atoms with Gasteiger partial charge in [-0.3, -0.25) is 4.79 Å². The van der Waals surface area contributed by atoms with Crippen LogP contribution in [0.1, 0.15) is 21.9 Å². The molecule has 0 unspecified atom stereocenters. The second kappa shape index (κ2) is 9.84. The van der Waals surface area contributed by atoms with E-state index < -0.39 is 5.97 Å². The smallest absolute Gasteiger partial charge is 0.341 e. The Morgan fingerprint density at radius 1 is 1.07 bits per heavy atom. The van der Waals surface area contributed by atoms with E-state index >= 15 is 0 Å². The highest BCUT2D eigenvalue weighted by atomic mass is 32.2. The van der Waals surface area contributed by atoms with Crippen molar-refractivity contribution in [3.63, 3.8) is 0 Å². The molecule has 0 aliphatic heterocycles. The molecule has 0 bridgehead atoms. The molecule has 1 heterocycles. The van der Waals surface area contributed by atoms with Crippen LogP contribution in [-0.2, 0) is 15.3 Å². The number of rotatable bonds is 8. The van der Waals surface area contributed by atoms with Crippen molar-refractivity contribution >= 4 is 29.3 Å². The van der Waals surface area contributed by atoms with Gasteiger partial charge in [0.05, 0.1) is 24.3 Å². The molecule has 7 heteroatoms. The molecule has 0 atom stereocenters. The minimum atomic E-state index is -0.435. The fourth-order valence-electron chi connectivity index (χ4n) is 2.63. The zero-order chi connectivity index (χ0) is 20.6. The second-order valence-electron chi connectivity index (χ2n) is 6.13. The molecule has 0 spiro atoms. The Morgan fingerprint density at radius 3 is 2.55 bits per heavy atom. The Kier molecular flexibility index (Phi) is 6.97. The largest absolute Gasteiger partial charge is 0.465 e. The first-order valence-corrected chi connectivity index (χ1v) is 10.1. The van der Waals surface area contributed by atoms with Gasteiger partial charge in [-0.1, -0.05) is 30.3 Å². The van der Waals surface area contributed by atoms with Crippen molar-refractivity contribution in [2.45, 2.75) is 12.7 Å². The van der Waals surface area contributed by atoms with E-state index in [-0.39, 0.29) is 11.7 Å². The summed E-state index contributed by atoms with van der Waals surface area (Å²) < 4.78 is 16.1. The van der Waals surface area contributed by atoms with Crippen molar-refractivity contribution < 1.29 is 23.5 Å². The molecule has 1 N–H and O–H groups in total. The molecule has 0 saturated carbocycles. The lowest BCUT2D eigenvalue weighted by atomic mass is 10.2. The van der Waals surface area contributed by atoms with Crippen molar-refractivity contribution in [2.75, 3.05) is 18.2 Å². The van der Waals surface area contributed by atoms with E-state index in [2.05, 4.69) is 5.32 Å². The van der Waals surface area contributed by atoms with Gasteiger partial charge in [0.15, 0.2) is 5.75 Å². The minimum absolute atomic E-state index is 0.157. The van der Waals surface area contributed by atoms with Crippen molar-refractivity contribution in [3.05, 3.63) is 77.7 Å². The van der Waals surface area contributed by atoms with Gasteiger partial charge < -0.3 is 19.2 Å². The van der Waals surface area contributed by atoms with Crippen LogP contribution >= 0.6 is 11.8 Å². The van der Waals surface area contributed by atoms with Gasteiger partial charge in [-0.15, -0.1) is 11.8 Å². The molecular formula is C22H21NO5S. The number of para-hydroxylation sites is 3. The summed E-state index contributed by atoms with van der Waals surface area (Å²) >= 11 is 1.39. The van der Waals surface area contributed by atoms with Crippen LogP contribution in [0.5, 0.6) is 11.5 Å². The third-order valence-electron chi connectivity index (χ3n) is 3.98. The molecule has 0 fully saturated rings. The first kappa shape index (κ1) is 20.5. The van der Waals surface area contributed by atoms with E-state index in [1.807, 2.05) is 42.5 Å². The molecule has 0 saturated heterocycles. The highest BCUT2D eigenvalue weighted by Gasteiger charge is 2.16. The van der Waals surface area contributed by atoms with E-state index in [4.69, 9.17) is 13.9 Å². The molecule has 0 radical (unpaired) electrons. The van der Waals surface area contributed by atoms with Crippen LogP contribution in [-0.4, -0.2) is 24.7 Å². The number of benzene rings is 2. The van der Waals surface area contributed by atoms with Crippen LogP contribution in [0, 0.1) is 6.92 Å². The Labute approximate surface area is 173 Å². The number of thioether (sulfide) groups is 1. The number of carbonyl (C=O) groups excluding carboxylic acids is 2. The maximum Gasteiger partial charge on any atom is 0.341 e. The fraction of sp³-hybridized carbons (Fsp3) is 0.182. The van der Waals surface area contributed by atoms with Crippen LogP contribution in [0.2, 0.25) is 0 Å². The van der Waals surface area contributed by atoms with Crippen LogP contribution in [0.3, 0.4) is 0 Å². The number of nitrogens with one attached hydrogen (secondary N) is 1. The summed E-state index contributed by atoms with van der Waals surface area (Å²) in [4.78, 5) is 24.0. The number of amides is 1. The number of ether oxygens (including phenoxy) is 2. The summed E-state index contributed by atoms with van der Waals surface area (Å²) in [6.07, 6.45) is 0. The Balaban J connectivity index is 1.54. The Bertz CT molecular complexity index is 984. The molecule has 3 aromatic rings. The zero-order valence-corrected chi connectivity index (χ0v) is 17.0. The van der Waals surface area contributed by atoms with Gasteiger partial charge >= 0.3 is 5.97 Å². The number of hydrogen-bond acceptors (Lipinski definition) is 6. The standard InChI is InChI=1S/C22H21NO5S/c1-15-18(22(25)26-2)12-17(27-15)13-29-14-21(24)23-19-10-6-7-11-20(19)28-16-8-4-3-5-9-16/h3-12H,13-14H2,1-2H3,(H,23,24). The van der Waals surface area contributed by atoms with E-state index in [1.54, 1.807) is 25.1 Å². The monoisotopic (exact) mass is 411 g/mol. The minimum Gasteiger partial charge on any atom is -0.465 e. The number of esters is 1. The maximum atomic E-state index is 12.3. The van der Waals surface area contributed by atoms with E-state index in [0.29, 0.717) is 40.0 Å².